The molecule has 102 valence electrons. The maximum atomic E-state index is 11.2. The standard InChI is InChI=1S/C12H12BrNO5/c1-6(15)14-9(4-11(16)17)7-2-8(13)12-10(3-7)18-5-19-12/h2-3,9H,4-5H2,1H3,(H,14,15)(H,16,17). The second kappa shape index (κ2) is 5.48. The van der Waals surface area contributed by atoms with Crippen molar-refractivity contribution in [3.8, 4) is 11.5 Å². The minimum atomic E-state index is -0.993. The summed E-state index contributed by atoms with van der Waals surface area (Å²) in [5, 5.41) is 11.5. The van der Waals surface area contributed by atoms with E-state index in [0.29, 0.717) is 21.5 Å². The van der Waals surface area contributed by atoms with Crippen LogP contribution in [0, 0.1) is 0 Å². The molecule has 2 N–H and O–H groups in total. The van der Waals surface area contributed by atoms with E-state index in [1.165, 1.54) is 6.92 Å². The number of hydrogen-bond acceptors (Lipinski definition) is 4. The van der Waals surface area contributed by atoms with E-state index >= 15 is 0 Å². The number of aliphatic carboxylic acids is 1. The summed E-state index contributed by atoms with van der Waals surface area (Å²) in [6.07, 6.45) is -0.203. The molecule has 6 nitrogen and oxygen atoms in total. The molecule has 1 aromatic carbocycles. The third-order valence-corrected chi connectivity index (χ3v) is 3.20. The van der Waals surface area contributed by atoms with Gasteiger partial charge in [0.25, 0.3) is 0 Å². The molecule has 1 amide bonds. The normalized spacial score (nSPS) is 14.0. The minimum absolute atomic E-state index is 0.126. The van der Waals surface area contributed by atoms with Gasteiger partial charge in [0.05, 0.1) is 16.9 Å². The Labute approximate surface area is 117 Å². The van der Waals surface area contributed by atoms with Gasteiger partial charge in [0.2, 0.25) is 12.7 Å². The molecule has 1 heterocycles. The summed E-state index contributed by atoms with van der Waals surface area (Å²) in [4.78, 5) is 22.0. The smallest absolute Gasteiger partial charge is 0.305 e. The summed E-state index contributed by atoms with van der Waals surface area (Å²) < 4.78 is 11.2. The SMILES string of the molecule is CC(=O)NC(CC(=O)O)c1cc(Br)c2c(c1)OCO2. The van der Waals surface area contributed by atoms with E-state index in [4.69, 9.17) is 14.6 Å². The fourth-order valence-corrected chi connectivity index (χ4v) is 2.43. The Morgan fingerprint density at radius 3 is 2.84 bits per heavy atom. The Morgan fingerprint density at radius 2 is 2.21 bits per heavy atom. The van der Waals surface area contributed by atoms with E-state index in [9.17, 15) is 9.59 Å². The number of carbonyl (C=O) groups excluding carboxylic acids is 1. The molecular weight excluding hydrogens is 318 g/mol. The highest BCUT2D eigenvalue weighted by molar-refractivity contribution is 9.10. The van der Waals surface area contributed by atoms with Gasteiger partial charge >= 0.3 is 5.97 Å². The maximum absolute atomic E-state index is 11.2. The molecule has 0 saturated heterocycles. The lowest BCUT2D eigenvalue weighted by Crippen LogP contribution is -2.28. The third-order valence-electron chi connectivity index (χ3n) is 2.61. The molecule has 19 heavy (non-hydrogen) atoms. The van der Waals surface area contributed by atoms with Gasteiger partial charge in [-0.2, -0.15) is 0 Å². The lowest BCUT2D eigenvalue weighted by atomic mass is 10.0. The number of carboxylic acid groups (broad SMARTS) is 1. The van der Waals surface area contributed by atoms with Crippen molar-refractivity contribution < 1.29 is 24.2 Å². The van der Waals surface area contributed by atoms with Crippen LogP contribution < -0.4 is 14.8 Å². The summed E-state index contributed by atoms with van der Waals surface area (Å²) >= 11 is 3.33. The van der Waals surface area contributed by atoms with Crippen molar-refractivity contribution in [3.05, 3.63) is 22.2 Å². The number of benzene rings is 1. The van der Waals surface area contributed by atoms with E-state index in [-0.39, 0.29) is 19.1 Å². The molecule has 0 fully saturated rings. The number of carbonyl (C=O) groups is 2. The topological polar surface area (TPSA) is 84.9 Å². The Kier molecular flexibility index (Phi) is 3.94. The average molecular weight is 330 g/mol. The van der Waals surface area contributed by atoms with Gasteiger partial charge in [-0.1, -0.05) is 0 Å². The van der Waals surface area contributed by atoms with Gasteiger partial charge < -0.3 is 19.9 Å². The zero-order valence-corrected chi connectivity index (χ0v) is 11.7. The van der Waals surface area contributed by atoms with Crippen LogP contribution in [0.5, 0.6) is 11.5 Å². The van der Waals surface area contributed by atoms with Gasteiger partial charge in [0, 0.05) is 6.92 Å². The number of nitrogens with one attached hydrogen (secondary N) is 1. The number of amides is 1. The van der Waals surface area contributed by atoms with Crippen molar-refractivity contribution >= 4 is 27.8 Å². The lowest BCUT2D eigenvalue weighted by Gasteiger charge is -2.17. The van der Waals surface area contributed by atoms with Crippen molar-refractivity contribution in [1.82, 2.24) is 5.32 Å². The largest absolute Gasteiger partial charge is 0.481 e. The van der Waals surface area contributed by atoms with Crippen molar-refractivity contribution in [2.45, 2.75) is 19.4 Å². The predicted octanol–water partition coefficient (Wildman–Crippen LogP) is 1.83. The van der Waals surface area contributed by atoms with E-state index < -0.39 is 12.0 Å². The zero-order chi connectivity index (χ0) is 14.0. The summed E-state index contributed by atoms with van der Waals surface area (Å²) in [5.74, 6) is -0.168. The summed E-state index contributed by atoms with van der Waals surface area (Å²) in [7, 11) is 0. The molecule has 0 saturated carbocycles. The fourth-order valence-electron chi connectivity index (χ4n) is 1.86. The van der Waals surface area contributed by atoms with Crippen molar-refractivity contribution in [2.75, 3.05) is 6.79 Å². The van der Waals surface area contributed by atoms with Crippen LogP contribution in [-0.2, 0) is 9.59 Å². The highest BCUT2D eigenvalue weighted by Gasteiger charge is 2.23. The number of hydrogen-bond donors (Lipinski definition) is 2. The van der Waals surface area contributed by atoms with Crippen LogP contribution in [-0.4, -0.2) is 23.8 Å². The Morgan fingerprint density at radius 1 is 1.47 bits per heavy atom. The number of halogens is 1. The molecule has 0 bridgehead atoms. The maximum Gasteiger partial charge on any atom is 0.305 e. The first kappa shape index (κ1) is 13.7. The summed E-state index contributed by atoms with van der Waals surface area (Å²) in [6.45, 7) is 1.47. The highest BCUT2D eigenvalue weighted by atomic mass is 79.9. The summed E-state index contributed by atoms with van der Waals surface area (Å²) in [6, 6.07) is 2.79. The molecule has 0 aromatic heterocycles. The van der Waals surface area contributed by atoms with E-state index in [1.54, 1.807) is 12.1 Å². The first-order chi connectivity index (χ1) is 8.97. The molecule has 2 rings (SSSR count). The van der Waals surface area contributed by atoms with Gasteiger partial charge in [0.15, 0.2) is 11.5 Å². The van der Waals surface area contributed by atoms with Crippen LogP contribution in [0.1, 0.15) is 24.9 Å². The third kappa shape index (κ3) is 3.17. The van der Waals surface area contributed by atoms with Gasteiger partial charge in [-0.3, -0.25) is 9.59 Å². The first-order valence-corrected chi connectivity index (χ1v) is 6.34. The molecule has 7 heteroatoms. The Hall–Kier alpha value is -1.76. The average Bonchev–Trinajstić information content (AvgIpc) is 2.75. The van der Waals surface area contributed by atoms with E-state index in [0.717, 1.165) is 0 Å². The number of carboxylic acids is 1. The van der Waals surface area contributed by atoms with E-state index in [2.05, 4.69) is 21.2 Å². The molecule has 1 aromatic rings. The highest BCUT2D eigenvalue weighted by Crippen LogP contribution is 2.41. The Bertz CT molecular complexity index is 515. The molecule has 1 unspecified atom stereocenters. The van der Waals surface area contributed by atoms with Crippen LogP contribution in [0.25, 0.3) is 0 Å². The molecule has 0 aliphatic carbocycles. The second-order valence-electron chi connectivity index (χ2n) is 4.09. The predicted molar refractivity (Wildman–Crippen MR) is 69.1 cm³/mol. The molecular formula is C12H12BrNO5. The molecule has 0 radical (unpaired) electrons. The number of rotatable bonds is 4. The minimum Gasteiger partial charge on any atom is -0.481 e. The van der Waals surface area contributed by atoms with Gasteiger partial charge in [0.1, 0.15) is 0 Å². The van der Waals surface area contributed by atoms with Gasteiger partial charge in [-0.05, 0) is 33.6 Å². The van der Waals surface area contributed by atoms with Crippen LogP contribution in [0.15, 0.2) is 16.6 Å². The zero-order valence-electron chi connectivity index (χ0n) is 10.1. The molecule has 1 aliphatic rings. The number of fused-ring (bicyclic) bond motifs is 1. The van der Waals surface area contributed by atoms with E-state index in [1.807, 2.05) is 0 Å². The molecule has 1 atom stereocenters. The van der Waals surface area contributed by atoms with Crippen molar-refractivity contribution in [2.24, 2.45) is 0 Å². The monoisotopic (exact) mass is 329 g/mol. The first-order valence-electron chi connectivity index (χ1n) is 5.55. The molecule has 1 aliphatic heterocycles. The van der Waals surface area contributed by atoms with Crippen molar-refractivity contribution in [3.63, 3.8) is 0 Å². The number of ether oxygens (including phenoxy) is 2. The van der Waals surface area contributed by atoms with Crippen LogP contribution in [0.4, 0.5) is 0 Å². The Balaban J connectivity index is 2.33. The summed E-state index contributed by atoms with van der Waals surface area (Å²) in [5.41, 5.74) is 0.647. The lowest BCUT2D eigenvalue weighted by molar-refractivity contribution is -0.137. The van der Waals surface area contributed by atoms with Crippen molar-refractivity contribution in [1.29, 1.82) is 0 Å². The molecule has 0 spiro atoms. The quantitative estimate of drug-likeness (QED) is 0.880. The van der Waals surface area contributed by atoms with Crippen LogP contribution >= 0.6 is 15.9 Å². The van der Waals surface area contributed by atoms with Gasteiger partial charge in [-0.25, -0.2) is 0 Å². The second-order valence-corrected chi connectivity index (χ2v) is 4.94. The van der Waals surface area contributed by atoms with Crippen LogP contribution in [0.3, 0.4) is 0 Å². The van der Waals surface area contributed by atoms with Gasteiger partial charge in [-0.15, -0.1) is 0 Å². The van der Waals surface area contributed by atoms with Crippen LogP contribution in [0.2, 0.25) is 0 Å². The fraction of sp³-hybridized carbons (Fsp3) is 0.333.